The van der Waals surface area contributed by atoms with Gasteiger partial charge in [0.25, 0.3) is 0 Å². The van der Waals surface area contributed by atoms with Gasteiger partial charge in [0.05, 0.1) is 18.6 Å². The number of ketones is 1. The van der Waals surface area contributed by atoms with E-state index in [4.69, 9.17) is 14.2 Å². The fraction of sp³-hybridized carbons (Fsp3) is 0.833. The van der Waals surface area contributed by atoms with Crippen LogP contribution in [0, 0.1) is 0 Å². The third-order valence-electron chi connectivity index (χ3n) is 5.10. The number of hydrogen-bond acceptors (Lipinski definition) is 8. The van der Waals surface area contributed by atoms with Gasteiger partial charge in [0.1, 0.15) is 17.0 Å². The van der Waals surface area contributed by atoms with Crippen molar-refractivity contribution in [2.75, 3.05) is 32.8 Å². The second-order valence-corrected chi connectivity index (χ2v) is 10.7. The van der Waals surface area contributed by atoms with Crippen molar-refractivity contribution in [3.63, 3.8) is 0 Å². The molecule has 2 heterocycles. The van der Waals surface area contributed by atoms with Crippen LogP contribution in [-0.4, -0.2) is 88.4 Å². The molecule has 196 valence electrons. The molecule has 2 amide bonds. The lowest BCUT2D eigenvalue weighted by atomic mass is 9.88. The number of carbonyl (C=O) groups excluding carboxylic acids is 4. The third-order valence-corrected chi connectivity index (χ3v) is 5.10. The van der Waals surface area contributed by atoms with Gasteiger partial charge in [-0.1, -0.05) is 0 Å². The molecule has 2 aliphatic rings. The zero-order valence-electron chi connectivity index (χ0n) is 21.8. The highest BCUT2D eigenvalue weighted by molar-refractivity contribution is 5.81. The summed E-state index contributed by atoms with van der Waals surface area (Å²) in [6.07, 6.45) is 0.901. The van der Waals surface area contributed by atoms with Crippen LogP contribution in [0.2, 0.25) is 0 Å². The maximum Gasteiger partial charge on any atom is 0.410 e. The SMILES string of the molecule is CC(C)(C)OC(=O)N1CCC(=O)CC1.CCOC(=O)CC1(O)CCN(C(=O)OC(C)(C)C)CC1. The van der Waals surface area contributed by atoms with Gasteiger partial charge in [-0.25, -0.2) is 9.59 Å². The maximum atomic E-state index is 11.9. The number of amides is 2. The van der Waals surface area contributed by atoms with E-state index in [1.54, 1.807) is 16.7 Å². The Hall–Kier alpha value is -2.36. The van der Waals surface area contributed by atoms with Crippen LogP contribution in [0.1, 0.15) is 80.6 Å². The van der Waals surface area contributed by atoms with Gasteiger partial charge < -0.3 is 29.1 Å². The molecule has 0 unspecified atom stereocenters. The van der Waals surface area contributed by atoms with Crippen molar-refractivity contribution in [3.05, 3.63) is 0 Å². The van der Waals surface area contributed by atoms with Gasteiger partial charge in [0.15, 0.2) is 0 Å². The van der Waals surface area contributed by atoms with Crippen molar-refractivity contribution in [2.24, 2.45) is 0 Å². The first-order valence-corrected chi connectivity index (χ1v) is 11.9. The fourth-order valence-electron chi connectivity index (χ4n) is 3.35. The molecule has 1 N–H and O–H groups in total. The van der Waals surface area contributed by atoms with Crippen molar-refractivity contribution in [2.45, 2.75) is 97.4 Å². The molecule has 34 heavy (non-hydrogen) atoms. The predicted molar refractivity (Wildman–Crippen MR) is 125 cm³/mol. The predicted octanol–water partition coefficient (Wildman–Crippen LogP) is 3.29. The second-order valence-electron chi connectivity index (χ2n) is 10.7. The van der Waals surface area contributed by atoms with Gasteiger partial charge in [-0.05, 0) is 61.3 Å². The largest absolute Gasteiger partial charge is 0.466 e. The van der Waals surface area contributed by atoms with E-state index in [-0.39, 0.29) is 24.4 Å². The van der Waals surface area contributed by atoms with Crippen molar-refractivity contribution < 1.29 is 38.5 Å². The van der Waals surface area contributed by atoms with Crippen LogP contribution in [0.25, 0.3) is 0 Å². The van der Waals surface area contributed by atoms with Crippen LogP contribution in [-0.2, 0) is 23.8 Å². The number of ether oxygens (including phenoxy) is 3. The van der Waals surface area contributed by atoms with Gasteiger partial charge in [-0.15, -0.1) is 0 Å². The number of carbonyl (C=O) groups is 4. The normalized spacial score (nSPS) is 18.4. The molecule has 2 fully saturated rings. The Morgan fingerprint density at radius 1 is 0.853 bits per heavy atom. The Balaban J connectivity index is 0.000000362. The van der Waals surface area contributed by atoms with E-state index in [9.17, 15) is 24.3 Å². The minimum Gasteiger partial charge on any atom is -0.466 e. The van der Waals surface area contributed by atoms with Crippen molar-refractivity contribution in [3.8, 4) is 0 Å². The Labute approximate surface area is 202 Å². The van der Waals surface area contributed by atoms with Crippen LogP contribution < -0.4 is 0 Å². The Kier molecular flexibility index (Phi) is 10.8. The van der Waals surface area contributed by atoms with Gasteiger partial charge in [0.2, 0.25) is 0 Å². The first-order valence-electron chi connectivity index (χ1n) is 11.9. The van der Waals surface area contributed by atoms with Gasteiger partial charge in [-0.3, -0.25) is 9.59 Å². The van der Waals surface area contributed by atoms with E-state index >= 15 is 0 Å². The van der Waals surface area contributed by atoms with Gasteiger partial charge in [0, 0.05) is 39.0 Å². The molecule has 0 bridgehead atoms. The lowest BCUT2D eigenvalue weighted by Crippen LogP contribution is -2.49. The van der Waals surface area contributed by atoms with E-state index in [0.717, 1.165) is 0 Å². The number of likely N-dealkylation sites (tertiary alicyclic amines) is 2. The Bertz CT molecular complexity index is 705. The first kappa shape index (κ1) is 29.7. The molecule has 0 aromatic rings. The molecule has 0 atom stereocenters. The molecule has 2 rings (SSSR count). The molecule has 0 aromatic heterocycles. The van der Waals surface area contributed by atoms with E-state index in [1.165, 1.54) is 0 Å². The first-order chi connectivity index (χ1) is 15.5. The van der Waals surface area contributed by atoms with Crippen molar-refractivity contribution in [1.82, 2.24) is 9.80 Å². The van der Waals surface area contributed by atoms with Gasteiger partial charge >= 0.3 is 18.2 Å². The average molecular weight is 487 g/mol. The topological polar surface area (TPSA) is 123 Å². The van der Waals surface area contributed by atoms with Crippen LogP contribution in [0.5, 0.6) is 0 Å². The quantitative estimate of drug-likeness (QED) is 0.476. The number of piperidine rings is 2. The summed E-state index contributed by atoms with van der Waals surface area (Å²) in [6.45, 7) is 14.7. The zero-order chi connectivity index (χ0) is 26.2. The molecular formula is C24H42N2O8. The van der Waals surface area contributed by atoms with Crippen molar-refractivity contribution >= 4 is 23.9 Å². The lowest BCUT2D eigenvalue weighted by molar-refractivity contribution is -0.150. The summed E-state index contributed by atoms with van der Waals surface area (Å²) in [5.74, 6) is -0.175. The van der Waals surface area contributed by atoms with Crippen LogP contribution in [0.3, 0.4) is 0 Å². The number of esters is 1. The van der Waals surface area contributed by atoms with Crippen LogP contribution >= 0.6 is 0 Å². The number of rotatable bonds is 3. The molecular weight excluding hydrogens is 444 g/mol. The molecule has 2 saturated heterocycles. The minimum absolute atomic E-state index is 0.0248. The number of Topliss-reactive ketones (excluding diaryl/α,β-unsaturated/α-hetero) is 1. The molecule has 0 radical (unpaired) electrons. The van der Waals surface area contributed by atoms with Crippen LogP contribution in [0.4, 0.5) is 9.59 Å². The summed E-state index contributed by atoms with van der Waals surface area (Å²) in [6, 6.07) is 0. The number of nitrogens with zero attached hydrogens (tertiary/aromatic N) is 2. The molecule has 0 aliphatic carbocycles. The molecule has 10 heteroatoms. The van der Waals surface area contributed by atoms with E-state index in [1.807, 2.05) is 41.5 Å². The van der Waals surface area contributed by atoms with Crippen molar-refractivity contribution in [1.29, 1.82) is 0 Å². The summed E-state index contributed by atoms with van der Waals surface area (Å²) in [4.78, 5) is 48.9. The highest BCUT2D eigenvalue weighted by Crippen LogP contribution is 2.27. The highest BCUT2D eigenvalue weighted by Gasteiger charge is 2.37. The molecule has 0 spiro atoms. The summed E-state index contributed by atoms with van der Waals surface area (Å²) >= 11 is 0. The second kappa shape index (κ2) is 12.4. The summed E-state index contributed by atoms with van der Waals surface area (Å²) in [5, 5.41) is 10.3. The molecule has 10 nitrogen and oxygen atoms in total. The van der Waals surface area contributed by atoms with E-state index in [2.05, 4.69) is 0 Å². The number of aliphatic hydroxyl groups is 1. The highest BCUT2D eigenvalue weighted by atomic mass is 16.6. The monoisotopic (exact) mass is 486 g/mol. The zero-order valence-corrected chi connectivity index (χ0v) is 21.8. The van der Waals surface area contributed by atoms with E-state index < -0.39 is 22.8 Å². The standard InChI is InChI=1S/C14H25NO5.C10H17NO3/c1-5-19-11(16)10-14(18)6-8-15(9-7-14)12(17)20-13(2,3)4;1-10(2,3)14-9(13)11-6-4-8(12)5-7-11/h18H,5-10H2,1-4H3;4-7H2,1-3H3. The average Bonchev–Trinajstić information content (AvgIpc) is 2.66. The molecule has 0 aromatic carbocycles. The molecule has 2 aliphatic heterocycles. The summed E-state index contributed by atoms with van der Waals surface area (Å²) in [7, 11) is 0. The molecule has 0 saturated carbocycles. The summed E-state index contributed by atoms with van der Waals surface area (Å²) < 4.78 is 15.3. The summed E-state index contributed by atoms with van der Waals surface area (Å²) in [5.41, 5.74) is -2.07. The Morgan fingerprint density at radius 3 is 1.65 bits per heavy atom. The van der Waals surface area contributed by atoms with Gasteiger partial charge in [-0.2, -0.15) is 0 Å². The Morgan fingerprint density at radius 2 is 1.26 bits per heavy atom. The third kappa shape index (κ3) is 11.7. The number of hydrogen-bond donors (Lipinski definition) is 1. The maximum absolute atomic E-state index is 11.9. The minimum atomic E-state index is -1.08. The lowest BCUT2D eigenvalue weighted by Gasteiger charge is -2.38. The smallest absolute Gasteiger partial charge is 0.410 e. The van der Waals surface area contributed by atoms with Crippen LogP contribution in [0.15, 0.2) is 0 Å². The fourth-order valence-corrected chi connectivity index (χ4v) is 3.35. The van der Waals surface area contributed by atoms with E-state index in [0.29, 0.717) is 58.5 Å².